The first-order chi connectivity index (χ1) is 14.4. The summed E-state index contributed by atoms with van der Waals surface area (Å²) in [5.74, 6) is -0.00301. The zero-order valence-electron chi connectivity index (χ0n) is 18.2. The van der Waals surface area contributed by atoms with Gasteiger partial charge in [-0.25, -0.2) is 4.68 Å². The molecule has 0 atom stereocenters. The predicted octanol–water partition coefficient (Wildman–Crippen LogP) is 1.69. The van der Waals surface area contributed by atoms with Crippen LogP contribution in [-0.2, 0) is 19.8 Å². The second-order valence-electron chi connectivity index (χ2n) is 7.97. The Hall–Kier alpha value is -2.94. The molecule has 1 fully saturated rings. The molecule has 0 saturated carbocycles. The van der Waals surface area contributed by atoms with Crippen molar-refractivity contribution in [3.05, 3.63) is 52.9 Å². The van der Waals surface area contributed by atoms with Crippen LogP contribution in [0.4, 0.5) is 0 Å². The second-order valence-corrected chi connectivity index (χ2v) is 7.97. The van der Waals surface area contributed by atoms with E-state index in [0.29, 0.717) is 25.5 Å². The van der Waals surface area contributed by atoms with E-state index >= 15 is 0 Å². The van der Waals surface area contributed by atoms with Crippen LogP contribution in [0.15, 0.2) is 24.5 Å². The highest BCUT2D eigenvalue weighted by Crippen LogP contribution is 2.13. The molecule has 0 aromatic carbocycles. The molecule has 3 aromatic heterocycles. The molecule has 3 aromatic rings. The van der Waals surface area contributed by atoms with Crippen molar-refractivity contribution in [3.63, 3.8) is 0 Å². The average Bonchev–Trinajstić information content (AvgIpc) is 3.42. The number of carbonyl (C=O) groups excluding carboxylic acids is 1. The number of amides is 1. The van der Waals surface area contributed by atoms with Gasteiger partial charge in [0.25, 0.3) is 5.91 Å². The largest absolute Gasteiger partial charge is 0.335 e. The molecular weight excluding hydrogens is 380 g/mol. The maximum absolute atomic E-state index is 12.9. The summed E-state index contributed by atoms with van der Waals surface area (Å²) in [6.45, 7) is 13.6. The van der Waals surface area contributed by atoms with Crippen LogP contribution in [0.5, 0.6) is 0 Å². The zero-order chi connectivity index (χ0) is 21.3. The van der Waals surface area contributed by atoms with E-state index in [1.165, 1.54) is 5.56 Å². The number of carbonyl (C=O) groups is 1. The van der Waals surface area contributed by atoms with Gasteiger partial charge in [-0.15, -0.1) is 0 Å². The van der Waals surface area contributed by atoms with Gasteiger partial charge in [-0.1, -0.05) is 0 Å². The number of rotatable bonds is 6. The van der Waals surface area contributed by atoms with Gasteiger partial charge in [0.2, 0.25) is 0 Å². The topological polar surface area (TPSA) is 77.0 Å². The van der Waals surface area contributed by atoms with E-state index in [0.717, 1.165) is 43.3 Å². The molecular formula is C21H30N8O. The molecule has 1 aliphatic rings. The molecule has 0 unspecified atom stereocenters. The lowest BCUT2D eigenvalue weighted by Gasteiger charge is -2.34. The van der Waals surface area contributed by atoms with Crippen LogP contribution in [0, 0.1) is 20.8 Å². The number of nitrogens with zero attached hydrogens (tertiary/aromatic N) is 8. The van der Waals surface area contributed by atoms with Gasteiger partial charge in [-0.2, -0.15) is 15.3 Å². The van der Waals surface area contributed by atoms with Gasteiger partial charge in [-0.05, 0) is 39.8 Å². The lowest BCUT2D eigenvalue weighted by Crippen LogP contribution is -2.48. The second kappa shape index (κ2) is 8.43. The lowest BCUT2D eigenvalue weighted by atomic mass is 10.2. The van der Waals surface area contributed by atoms with Gasteiger partial charge in [0, 0.05) is 62.9 Å². The maximum atomic E-state index is 12.9. The van der Waals surface area contributed by atoms with E-state index in [2.05, 4.69) is 40.2 Å². The number of aryl methyl sites for hydroxylation is 4. The SMILES string of the molecule is CCn1cc(CN2CCN(C(=O)c3ccn(Cn4nc(C)cc4C)n3)CC2)c(C)n1. The summed E-state index contributed by atoms with van der Waals surface area (Å²) in [5.41, 5.74) is 4.89. The molecule has 0 radical (unpaired) electrons. The van der Waals surface area contributed by atoms with E-state index in [1.807, 2.05) is 40.4 Å². The predicted molar refractivity (Wildman–Crippen MR) is 113 cm³/mol. The van der Waals surface area contributed by atoms with Gasteiger partial charge in [0.05, 0.1) is 11.4 Å². The highest BCUT2D eigenvalue weighted by molar-refractivity contribution is 5.92. The molecule has 4 heterocycles. The molecule has 9 heteroatoms. The summed E-state index contributed by atoms with van der Waals surface area (Å²) in [6, 6.07) is 3.83. The molecule has 1 amide bonds. The summed E-state index contributed by atoms with van der Waals surface area (Å²) in [4.78, 5) is 17.2. The highest BCUT2D eigenvalue weighted by atomic mass is 16.2. The summed E-state index contributed by atoms with van der Waals surface area (Å²) < 4.78 is 5.63. The Balaban J connectivity index is 1.32. The molecule has 4 rings (SSSR count). The minimum atomic E-state index is -0.00301. The van der Waals surface area contributed by atoms with Gasteiger partial charge in [0.15, 0.2) is 0 Å². The van der Waals surface area contributed by atoms with Crippen molar-refractivity contribution in [3.8, 4) is 0 Å². The van der Waals surface area contributed by atoms with Crippen molar-refractivity contribution in [1.29, 1.82) is 0 Å². The zero-order valence-corrected chi connectivity index (χ0v) is 18.2. The van der Waals surface area contributed by atoms with Crippen LogP contribution in [0.2, 0.25) is 0 Å². The first-order valence-corrected chi connectivity index (χ1v) is 10.5. The van der Waals surface area contributed by atoms with Crippen LogP contribution in [0.1, 0.15) is 40.1 Å². The number of piperazine rings is 1. The van der Waals surface area contributed by atoms with Crippen LogP contribution >= 0.6 is 0 Å². The average molecular weight is 411 g/mol. The van der Waals surface area contributed by atoms with Gasteiger partial charge < -0.3 is 4.90 Å². The Kier molecular flexibility index (Phi) is 5.72. The molecule has 1 saturated heterocycles. The highest BCUT2D eigenvalue weighted by Gasteiger charge is 2.24. The van der Waals surface area contributed by atoms with Crippen molar-refractivity contribution < 1.29 is 4.79 Å². The smallest absolute Gasteiger partial charge is 0.274 e. The molecule has 0 N–H and O–H groups in total. The Morgan fingerprint density at radius 1 is 1.03 bits per heavy atom. The quantitative estimate of drug-likeness (QED) is 0.618. The van der Waals surface area contributed by atoms with E-state index in [-0.39, 0.29) is 5.91 Å². The standard InChI is InChI=1S/C21H30N8O/c1-5-27-14-19(18(4)23-27)13-25-8-10-26(11-9-25)21(30)20-6-7-28(24-20)15-29-17(3)12-16(2)22-29/h6-7,12,14H,5,8-11,13,15H2,1-4H3. The Labute approximate surface area is 176 Å². The number of hydrogen-bond donors (Lipinski definition) is 0. The summed E-state index contributed by atoms with van der Waals surface area (Å²) in [7, 11) is 0. The first-order valence-electron chi connectivity index (χ1n) is 10.5. The summed E-state index contributed by atoms with van der Waals surface area (Å²) >= 11 is 0. The van der Waals surface area contributed by atoms with Crippen molar-refractivity contribution in [1.82, 2.24) is 39.1 Å². The van der Waals surface area contributed by atoms with Crippen molar-refractivity contribution in [2.75, 3.05) is 26.2 Å². The summed E-state index contributed by atoms with van der Waals surface area (Å²) in [6.07, 6.45) is 3.97. The first kappa shape index (κ1) is 20.3. The van der Waals surface area contributed by atoms with E-state index in [4.69, 9.17) is 0 Å². The van der Waals surface area contributed by atoms with E-state index in [9.17, 15) is 4.79 Å². The molecule has 0 spiro atoms. The fourth-order valence-corrected chi connectivity index (χ4v) is 3.90. The Morgan fingerprint density at radius 3 is 2.43 bits per heavy atom. The molecule has 9 nitrogen and oxygen atoms in total. The monoisotopic (exact) mass is 410 g/mol. The number of hydrogen-bond acceptors (Lipinski definition) is 5. The third kappa shape index (κ3) is 4.30. The molecule has 0 bridgehead atoms. The molecule has 0 aliphatic carbocycles. The third-order valence-corrected chi connectivity index (χ3v) is 5.67. The maximum Gasteiger partial charge on any atom is 0.274 e. The summed E-state index contributed by atoms with van der Waals surface area (Å²) in [5, 5.41) is 13.5. The van der Waals surface area contributed by atoms with Crippen LogP contribution < -0.4 is 0 Å². The Bertz CT molecular complexity index is 1020. The minimum Gasteiger partial charge on any atom is -0.335 e. The van der Waals surface area contributed by atoms with Crippen LogP contribution in [0.3, 0.4) is 0 Å². The molecule has 1 aliphatic heterocycles. The Morgan fingerprint density at radius 2 is 1.80 bits per heavy atom. The normalized spacial score (nSPS) is 15.1. The van der Waals surface area contributed by atoms with Gasteiger partial charge in [0.1, 0.15) is 12.4 Å². The van der Waals surface area contributed by atoms with Gasteiger partial charge in [-0.3, -0.25) is 19.1 Å². The van der Waals surface area contributed by atoms with Crippen LogP contribution in [0.25, 0.3) is 0 Å². The van der Waals surface area contributed by atoms with Crippen molar-refractivity contribution >= 4 is 5.91 Å². The van der Waals surface area contributed by atoms with Crippen molar-refractivity contribution in [2.24, 2.45) is 0 Å². The minimum absolute atomic E-state index is 0.00301. The lowest BCUT2D eigenvalue weighted by molar-refractivity contribution is 0.0621. The molecule has 160 valence electrons. The van der Waals surface area contributed by atoms with Gasteiger partial charge >= 0.3 is 0 Å². The molecule has 30 heavy (non-hydrogen) atoms. The number of aromatic nitrogens is 6. The third-order valence-electron chi connectivity index (χ3n) is 5.67. The van der Waals surface area contributed by atoms with E-state index in [1.54, 1.807) is 10.7 Å². The van der Waals surface area contributed by atoms with Crippen molar-refractivity contribution in [2.45, 2.75) is 47.5 Å². The van der Waals surface area contributed by atoms with E-state index < -0.39 is 0 Å². The fourth-order valence-electron chi connectivity index (χ4n) is 3.90. The fraction of sp³-hybridized carbons (Fsp3) is 0.524. The van der Waals surface area contributed by atoms with Crippen LogP contribution in [-0.4, -0.2) is 71.2 Å².